The Bertz CT molecular complexity index is 729. The minimum atomic E-state index is -1.10. The third kappa shape index (κ3) is 3.71. The number of hydrogen-bond donors (Lipinski definition) is 1. The molecule has 0 radical (unpaired) electrons. The van der Waals surface area contributed by atoms with Crippen LogP contribution in [0.2, 0.25) is 0 Å². The summed E-state index contributed by atoms with van der Waals surface area (Å²) < 4.78 is 23.2. The van der Waals surface area contributed by atoms with Crippen molar-refractivity contribution >= 4 is 22.0 Å². The predicted octanol–water partition coefficient (Wildman–Crippen LogP) is 3.85. The summed E-state index contributed by atoms with van der Waals surface area (Å²) in [5.74, 6) is 0. The third-order valence-electron chi connectivity index (χ3n) is 4.40. The second-order valence-electron chi connectivity index (χ2n) is 7.44. The Morgan fingerprint density at radius 3 is 2.83 bits per heavy atom. The summed E-state index contributed by atoms with van der Waals surface area (Å²) in [4.78, 5) is 4.54. The van der Waals surface area contributed by atoms with Crippen molar-refractivity contribution in [1.29, 1.82) is 0 Å². The molecule has 1 aromatic carbocycles. The fourth-order valence-electron chi connectivity index (χ4n) is 2.90. The Hall–Kier alpha value is -1.24. The molecule has 0 spiro atoms. The molecule has 1 aromatic heterocycles. The molecule has 132 valence electrons. The van der Waals surface area contributed by atoms with E-state index in [0.29, 0.717) is 0 Å². The van der Waals surface area contributed by atoms with E-state index in [0.717, 1.165) is 36.0 Å². The maximum absolute atomic E-state index is 12.3. The molecule has 0 amide bonds. The molecule has 0 bridgehead atoms. The SMILES string of the molecule is C[C@H](NS(=O)C(C)(C)C)c1ccc2c(c1)ncn2C1CCCCO1. The van der Waals surface area contributed by atoms with Crippen LogP contribution in [-0.4, -0.2) is 25.1 Å². The molecule has 24 heavy (non-hydrogen) atoms. The zero-order valence-electron chi connectivity index (χ0n) is 14.9. The highest BCUT2D eigenvalue weighted by atomic mass is 32.2. The van der Waals surface area contributed by atoms with Gasteiger partial charge in [-0.25, -0.2) is 13.9 Å². The van der Waals surface area contributed by atoms with Gasteiger partial charge in [-0.1, -0.05) is 6.07 Å². The van der Waals surface area contributed by atoms with Crippen molar-refractivity contribution < 1.29 is 8.95 Å². The molecule has 1 fully saturated rings. The highest BCUT2D eigenvalue weighted by Gasteiger charge is 2.22. The molecule has 0 saturated carbocycles. The average molecular weight is 350 g/mol. The fraction of sp³-hybridized carbons (Fsp3) is 0.611. The Morgan fingerprint density at radius 1 is 1.38 bits per heavy atom. The number of rotatable bonds is 4. The molecule has 5 nitrogen and oxygen atoms in total. The van der Waals surface area contributed by atoms with E-state index in [9.17, 15) is 4.21 Å². The van der Waals surface area contributed by atoms with Crippen molar-refractivity contribution in [3.8, 4) is 0 Å². The lowest BCUT2D eigenvalue weighted by molar-refractivity contribution is -0.0295. The van der Waals surface area contributed by atoms with E-state index in [1.54, 1.807) is 0 Å². The zero-order chi connectivity index (χ0) is 17.3. The number of fused-ring (bicyclic) bond motifs is 1. The Kier molecular flexibility index (Phi) is 5.08. The first-order valence-corrected chi connectivity index (χ1v) is 9.77. The second-order valence-corrected chi connectivity index (χ2v) is 9.44. The van der Waals surface area contributed by atoms with Gasteiger partial charge in [0.25, 0.3) is 0 Å². The lowest BCUT2D eigenvalue weighted by Gasteiger charge is -2.24. The van der Waals surface area contributed by atoms with Crippen molar-refractivity contribution in [3.05, 3.63) is 30.1 Å². The highest BCUT2D eigenvalue weighted by molar-refractivity contribution is 7.84. The van der Waals surface area contributed by atoms with Crippen LogP contribution in [0, 0.1) is 0 Å². The largest absolute Gasteiger partial charge is 0.358 e. The van der Waals surface area contributed by atoms with Crippen LogP contribution in [0.5, 0.6) is 0 Å². The number of imidazole rings is 1. The number of benzene rings is 1. The van der Waals surface area contributed by atoms with Crippen LogP contribution >= 0.6 is 0 Å². The maximum Gasteiger partial charge on any atom is 0.135 e. The van der Waals surface area contributed by atoms with Gasteiger partial charge >= 0.3 is 0 Å². The van der Waals surface area contributed by atoms with E-state index in [4.69, 9.17) is 4.74 Å². The molecule has 3 atom stereocenters. The monoisotopic (exact) mass is 349 g/mol. The van der Waals surface area contributed by atoms with Gasteiger partial charge in [0.05, 0.1) is 33.1 Å². The average Bonchev–Trinajstić information content (AvgIpc) is 2.97. The Balaban J connectivity index is 1.80. The third-order valence-corrected chi connectivity index (χ3v) is 6.08. The molecular formula is C18H27N3O2S. The quantitative estimate of drug-likeness (QED) is 0.912. The molecule has 1 N–H and O–H groups in total. The van der Waals surface area contributed by atoms with Gasteiger partial charge in [0.2, 0.25) is 0 Å². The van der Waals surface area contributed by atoms with Gasteiger partial charge in [0, 0.05) is 12.6 Å². The molecule has 2 heterocycles. The van der Waals surface area contributed by atoms with Crippen molar-refractivity contribution in [2.24, 2.45) is 0 Å². The van der Waals surface area contributed by atoms with Crippen LogP contribution in [0.15, 0.2) is 24.5 Å². The molecule has 2 aromatic rings. The number of nitrogens with zero attached hydrogens (tertiary/aromatic N) is 2. The van der Waals surface area contributed by atoms with Crippen LogP contribution in [-0.2, 0) is 15.7 Å². The molecular weight excluding hydrogens is 322 g/mol. The van der Waals surface area contributed by atoms with Gasteiger partial charge in [-0.2, -0.15) is 0 Å². The van der Waals surface area contributed by atoms with E-state index in [2.05, 4.69) is 32.5 Å². The topological polar surface area (TPSA) is 56.2 Å². The van der Waals surface area contributed by atoms with Gasteiger partial charge in [-0.3, -0.25) is 0 Å². The molecule has 0 aliphatic carbocycles. The molecule has 3 rings (SSSR count). The number of aromatic nitrogens is 2. The summed E-state index contributed by atoms with van der Waals surface area (Å²) in [6, 6.07) is 6.26. The van der Waals surface area contributed by atoms with Crippen LogP contribution in [0.25, 0.3) is 11.0 Å². The molecule has 1 aliphatic rings. The normalized spacial score (nSPS) is 21.8. The van der Waals surface area contributed by atoms with Crippen LogP contribution in [0.4, 0.5) is 0 Å². The van der Waals surface area contributed by atoms with Crippen molar-refractivity contribution in [2.75, 3.05) is 6.61 Å². The summed E-state index contributed by atoms with van der Waals surface area (Å²) in [6.45, 7) is 8.77. The van der Waals surface area contributed by atoms with Crippen molar-refractivity contribution in [2.45, 2.75) is 64.0 Å². The predicted molar refractivity (Wildman–Crippen MR) is 98.0 cm³/mol. The minimum absolute atomic E-state index is 0.00513. The lowest BCUT2D eigenvalue weighted by Crippen LogP contribution is -2.34. The standard InChI is InChI=1S/C18H27N3O2S/c1-13(20-24(22)18(2,3)4)14-8-9-16-15(11-14)19-12-21(16)17-7-5-6-10-23-17/h8-9,11-13,17,20H,5-7,10H2,1-4H3/t13-,17?,24?/m0/s1. The summed E-state index contributed by atoms with van der Waals surface area (Å²) in [5.41, 5.74) is 3.14. The lowest BCUT2D eigenvalue weighted by atomic mass is 10.1. The summed E-state index contributed by atoms with van der Waals surface area (Å²) in [5, 5.41) is 0. The molecule has 1 aliphatic heterocycles. The Morgan fingerprint density at radius 2 is 2.17 bits per heavy atom. The number of nitrogens with one attached hydrogen (secondary N) is 1. The van der Waals surface area contributed by atoms with Crippen LogP contribution in [0.1, 0.15) is 64.8 Å². The fourth-order valence-corrected chi connectivity index (χ4v) is 3.71. The zero-order valence-corrected chi connectivity index (χ0v) is 15.7. The van der Waals surface area contributed by atoms with E-state index < -0.39 is 11.0 Å². The van der Waals surface area contributed by atoms with Crippen molar-refractivity contribution in [1.82, 2.24) is 14.3 Å². The van der Waals surface area contributed by atoms with Gasteiger partial charge in [0.15, 0.2) is 0 Å². The van der Waals surface area contributed by atoms with E-state index in [1.807, 2.05) is 34.0 Å². The number of hydrogen-bond acceptors (Lipinski definition) is 3. The van der Waals surface area contributed by atoms with E-state index in [1.165, 1.54) is 6.42 Å². The highest BCUT2D eigenvalue weighted by Crippen LogP contribution is 2.28. The Labute approximate surface area is 146 Å². The first-order chi connectivity index (χ1) is 11.4. The van der Waals surface area contributed by atoms with Gasteiger partial charge in [-0.05, 0) is 64.7 Å². The van der Waals surface area contributed by atoms with Crippen molar-refractivity contribution in [3.63, 3.8) is 0 Å². The second kappa shape index (κ2) is 6.94. The molecule has 2 unspecified atom stereocenters. The minimum Gasteiger partial charge on any atom is -0.358 e. The molecule has 6 heteroatoms. The van der Waals surface area contributed by atoms with Gasteiger partial charge < -0.3 is 9.30 Å². The van der Waals surface area contributed by atoms with Gasteiger partial charge in [0.1, 0.15) is 6.23 Å². The van der Waals surface area contributed by atoms with Crippen LogP contribution in [0.3, 0.4) is 0 Å². The van der Waals surface area contributed by atoms with E-state index >= 15 is 0 Å². The number of ether oxygens (including phenoxy) is 1. The van der Waals surface area contributed by atoms with Crippen LogP contribution < -0.4 is 4.72 Å². The smallest absolute Gasteiger partial charge is 0.135 e. The van der Waals surface area contributed by atoms with Gasteiger partial charge in [-0.15, -0.1) is 0 Å². The summed E-state index contributed by atoms with van der Waals surface area (Å²) in [6.07, 6.45) is 5.34. The van der Waals surface area contributed by atoms with E-state index in [-0.39, 0.29) is 17.0 Å². The maximum atomic E-state index is 12.3. The summed E-state index contributed by atoms with van der Waals surface area (Å²) >= 11 is 0. The first kappa shape index (κ1) is 17.6. The summed E-state index contributed by atoms with van der Waals surface area (Å²) in [7, 11) is -1.10. The first-order valence-electron chi connectivity index (χ1n) is 8.62. The molecule has 1 saturated heterocycles.